The van der Waals surface area contributed by atoms with Gasteiger partial charge in [0.2, 0.25) is 0 Å². The van der Waals surface area contributed by atoms with Crippen molar-refractivity contribution in [1.82, 2.24) is 10.3 Å². The van der Waals surface area contributed by atoms with E-state index in [1.807, 2.05) is 31.2 Å². The van der Waals surface area contributed by atoms with Crippen LogP contribution in [-0.4, -0.2) is 10.9 Å². The third kappa shape index (κ3) is 3.17. The fourth-order valence-corrected chi connectivity index (χ4v) is 1.88. The fraction of sp³-hybridized carbons (Fsp3) is 0.143. The second-order valence-electron chi connectivity index (χ2n) is 3.98. The standard InChI is InChI=1S/C14H13BrN2O/c1-10(11-6-8-16-9-7-11)17-14(18)12-2-4-13(15)5-3-12/h2-10H,1H3,(H,17,18). The van der Waals surface area contributed by atoms with E-state index in [-0.39, 0.29) is 11.9 Å². The summed E-state index contributed by atoms with van der Waals surface area (Å²) in [6.07, 6.45) is 3.44. The number of halogens is 1. The number of aromatic nitrogens is 1. The quantitative estimate of drug-likeness (QED) is 0.945. The highest BCUT2D eigenvalue weighted by molar-refractivity contribution is 9.10. The summed E-state index contributed by atoms with van der Waals surface area (Å²) in [4.78, 5) is 16.0. The molecule has 0 radical (unpaired) electrons. The summed E-state index contributed by atoms with van der Waals surface area (Å²) < 4.78 is 0.959. The number of nitrogens with one attached hydrogen (secondary N) is 1. The molecule has 0 aliphatic heterocycles. The van der Waals surface area contributed by atoms with Crippen molar-refractivity contribution in [2.45, 2.75) is 13.0 Å². The highest BCUT2D eigenvalue weighted by atomic mass is 79.9. The number of carbonyl (C=O) groups excluding carboxylic acids is 1. The molecule has 2 aromatic rings. The first-order valence-electron chi connectivity index (χ1n) is 5.63. The van der Waals surface area contributed by atoms with Crippen molar-refractivity contribution < 1.29 is 4.79 Å². The molecule has 1 atom stereocenters. The largest absolute Gasteiger partial charge is 0.346 e. The van der Waals surface area contributed by atoms with E-state index in [0.717, 1.165) is 10.0 Å². The average molecular weight is 305 g/mol. The summed E-state index contributed by atoms with van der Waals surface area (Å²) in [7, 11) is 0. The van der Waals surface area contributed by atoms with Gasteiger partial charge in [-0.1, -0.05) is 15.9 Å². The van der Waals surface area contributed by atoms with Gasteiger partial charge < -0.3 is 5.32 Å². The molecule has 0 spiro atoms. The number of rotatable bonds is 3. The molecule has 0 saturated heterocycles. The van der Waals surface area contributed by atoms with Crippen molar-refractivity contribution in [2.75, 3.05) is 0 Å². The monoisotopic (exact) mass is 304 g/mol. The predicted octanol–water partition coefficient (Wildman–Crippen LogP) is 3.34. The van der Waals surface area contributed by atoms with Crippen molar-refractivity contribution in [3.8, 4) is 0 Å². The Kier molecular flexibility index (Phi) is 4.10. The molecule has 4 heteroatoms. The van der Waals surface area contributed by atoms with Crippen LogP contribution in [0.15, 0.2) is 53.3 Å². The molecular formula is C14H13BrN2O. The summed E-state index contributed by atoms with van der Waals surface area (Å²) in [6, 6.07) is 11.0. The number of hydrogen-bond acceptors (Lipinski definition) is 2. The molecule has 1 aromatic heterocycles. The average Bonchev–Trinajstić information content (AvgIpc) is 2.40. The molecule has 3 nitrogen and oxygen atoms in total. The molecule has 1 N–H and O–H groups in total. The van der Waals surface area contributed by atoms with E-state index in [1.54, 1.807) is 24.5 Å². The molecule has 0 bridgehead atoms. The van der Waals surface area contributed by atoms with Gasteiger partial charge in [-0.3, -0.25) is 9.78 Å². The van der Waals surface area contributed by atoms with Gasteiger partial charge in [0.15, 0.2) is 0 Å². The molecule has 18 heavy (non-hydrogen) atoms. The predicted molar refractivity (Wildman–Crippen MR) is 74.3 cm³/mol. The molecular weight excluding hydrogens is 292 g/mol. The van der Waals surface area contributed by atoms with Crippen LogP contribution in [-0.2, 0) is 0 Å². The van der Waals surface area contributed by atoms with Crippen LogP contribution in [0.3, 0.4) is 0 Å². The smallest absolute Gasteiger partial charge is 0.251 e. The van der Waals surface area contributed by atoms with Crippen LogP contribution in [0.1, 0.15) is 28.9 Å². The minimum absolute atomic E-state index is 0.0378. The third-order valence-corrected chi connectivity index (χ3v) is 3.19. The van der Waals surface area contributed by atoms with E-state index in [1.165, 1.54) is 0 Å². The zero-order chi connectivity index (χ0) is 13.0. The lowest BCUT2D eigenvalue weighted by Gasteiger charge is -2.14. The number of carbonyl (C=O) groups is 1. The van der Waals surface area contributed by atoms with Crippen LogP contribution in [0.25, 0.3) is 0 Å². The van der Waals surface area contributed by atoms with Crippen molar-refractivity contribution in [2.24, 2.45) is 0 Å². The Balaban J connectivity index is 2.06. The summed E-state index contributed by atoms with van der Waals surface area (Å²) in [5.41, 5.74) is 1.69. The Morgan fingerprint density at radius 2 is 1.78 bits per heavy atom. The second kappa shape index (κ2) is 5.78. The maximum absolute atomic E-state index is 12.0. The van der Waals surface area contributed by atoms with E-state index < -0.39 is 0 Å². The van der Waals surface area contributed by atoms with Crippen LogP contribution in [0, 0.1) is 0 Å². The topological polar surface area (TPSA) is 42.0 Å². The third-order valence-electron chi connectivity index (χ3n) is 2.66. The second-order valence-corrected chi connectivity index (χ2v) is 4.90. The first kappa shape index (κ1) is 12.8. The van der Waals surface area contributed by atoms with Gasteiger partial charge in [-0.2, -0.15) is 0 Å². The molecule has 0 aliphatic carbocycles. The Bertz CT molecular complexity index is 525. The van der Waals surface area contributed by atoms with Gasteiger partial charge in [0, 0.05) is 22.4 Å². The van der Waals surface area contributed by atoms with Crippen LogP contribution in [0.4, 0.5) is 0 Å². The van der Waals surface area contributed by atoms with Crippen LogP contribution in [0.5, 0.6) is 0 Å². The van der Waals surface area contributed by atoms with Gasteiger partial charge in [-0.25, -0.2) is 0 Å². The zero-order valence-electron chi connectivity index (χ0n) is 9.93. The molecule has 1 heterocycles. The van der Waals surface area contributed by atoms with Crippen LogP contribution >= 0.6 is 15.9 Å². The Morgan fingerprint density at radius 1 is 1.17 bits per heavy atom. The molecule has 1 unspecified atom stereocenters. The van der Waals surface area contributed by atoms with Gasteiger partial charge in [0.1, 0.15) is 0 Å². The van der Waals surface area contributed by atoms with Crippen molar-refractivity contribution in [3.05, 3.63) is 64.4 Å². The summed E-state index contributed by atoms with van der Waals surface area (Å²) >= 11 is 3.34. The highest BCUT2D eigenvalue weighted by Gasteiger charge is 2.10. The maximum Gasteiger partial charge on any atom is 0.251 e. The number of pyridine rings is 1. The van der Waals surface area contributed by atoms with E-state index in [2.05, 4.69) is 26.2 Å². The van der Waals surface area contributed by atoms with Crippen molar-refractivity contribution >= 4 is 21.8 Å². The Hall–Kier alpha value is -1.68. The van der Waals surface area contributed by atoms with E-state index in [0.29, 0.717) is 5.56 Å². The van der Waals surface area contributed by atoms with Gasteiger partial charge in [-0.05, 0) is 48.9 Å². The highest BCUT2D eigenvalue weighted by Crippen LogP contribution is 2.13. The zero-order valence-corrected chi connectivity index (χ0v) is 11.5. The van der Waals surface area contributed by atoms with Gasteiger partial charge in [0.25, 0.3) is 5.91 Å². The van der Waals surface area contributed by atoms with Crippen LogP contribution in [0.2, 0.25) is 0 Å². The molecule has 0 fully saturated rings. The van der Waals surface area contributed by atoms with Crippen molar-refractivity contribution in [1.29, 1.82) is 0 Å². The van der Waals surface area contributed by atoms with Gasteiger partial charge in [0.05, 0.1) is 6.04 Å². The molecule has 92 valence electrons. The number of amides is 1. The van der Waals surface area contributed by atoms with E-state index >= 15 is 0 Å². The van der Waals surface area contributed by atoms with Crippen LogP contribution < -0.4 is 5.32 Å². The van der Waals surface area contributed by atoms with E-state index in [4.69, 9.17) is 0 Å². The summed E-state index contributed by atoms with van der Waals surface area (Å²) in [5, 5.41) is 2.95. The lowest BCUT2D eigenvalue weighted by atomic mass is 10.1. The minimum atomic E-state index is -0.0770. The number of hydrogen-bond donors (Lipinski definition) is 1. The van der Waals surface area contributed by atoms with Gasteiger partial charge >= 0.3 is 0 Å². The first-order chi connectivity index (χ1) is 8.66. The Morgan fingerprint density at radius 3 is 2.39 bits per heavy atom. The SMILES string of the molecule is CC(NC(=O)c1ccc(Br)cc1)c1ccncc1. The minimum Gasteiger partial charge on any atom is -0.346 e. The molecule has 0 aliphatic rings. The molecule has 1 aromatic carbocycles. The Labute approximate surface area is 114 Å². The fourth-order valence-electron chi connectivity index (χ4n) is 1.62. The van der Waals surface area contributed by atoms with Gasteiger partial charge in [-0.15, -0.1) is 0 Å². The normalized spacial score (nSPS) is 11.9. The summed E-state index contributed by atoms with van der Waals surface area (Å²) in [6.45, 7) is 1.95. The van der Waals surface area contributed by atoms with Crippen molar-refractivity contribution in [3.63, 3.8) is 0 Å². The molecule has 1 amide bonds. The summed E-state index contributed by atoms with van der Waals surface area (Å²) in [5.74, 6) is -0.0770. The molecule has 0 saturated carbocycles. The number of benzene rings is 1. The first-order valence-corrected chi connectivity index (χ1v) is 6.42. The number of nitrogens with zero attached hydrogens (tertiary/aromatic N) is 1. The maximum atomic E-state index is 12.0. The lowest BCUT2D eigenvalue weighted by Crippen LogP contribution is -2.26. The molecule has 2 rings (SSSR count). The van der Waals surface area contributed by atoms with E-state index in [9.17, 15) is 4.79 Å². The lowest BCUT2D eigenvalue weighted by molar-refractivity contribution is 0.0940.